The van der Waals surface area contributed by atoms with Crippen LogP contribution in [0.3, 0.4) is 0 Å². The molecule has 40 heavy (non-hydrogen) atoms. The average Bonchev–Trinajstić information content (AvgIpc) is 2.83. The Morgan fingerprint density at radius 2 is 1.07 bits per heavy atom. The zero-order chi connectivity index (χ0) is 31.4. The van der Waals surface area contributed by atoms with Crippen LogP contribution < -0.4 is 11.5 Å². The van der Waals surface area contributed by atoms with E-state index in [1.165, 1.54) is 0 Å². The second-order valence-corrected chi connectivity index (χ2v) is 13.8. The van der Waals surface area contributed by atoms with E-state index in [4.69, 9.17) is 11.5 Å². The van der Waals surface area contributed by atoms with Gasteiger partial charge in [-0.25, -0.2) is 0 Å². The topological polar surface area (TPSA) is 164 Å². The molecule has 0 aromatic carbocycles. The van der Waals surface area contributed by atoms with Gasteiger partial charge < -0.3 is 26.8 Å². The van der Waals surface area contributed by atoms with E-state index in [0.717, 1.165) is 19.3 Å². The Labute approximate surface area is 244 Å². The van der Waals surface area contributed by atoms with E-state index in [9.17, 15) is 29.7 Å². The monoisotopic (exact) mass is 570 g/mol. The normalized spacial score (nSPS) is 20.5. The number of ketones is 3. The van der Waals surface area contributed by atoms with Crippen molar-refractivity contribution < 1.29 is 29.7 Å². The van der Waals surface area contributed by atoms with E-state index >= 15 is 0 Å². The molecular formula is C32H62N2O6. The minimum Gasteiger partial charge on any atom is -0.393 e. The average molecular weight is 571 g/mol. The Bertz CT molecular complexity index is 747. The molecule has 0 rings (SSSR count). The van der Waals surface area contributed by atoms with Crippen LogP contribution in [0.1, 0.15) is 120 Å². The van der Waals surface area contributed by atoms with E-state index < -0.39 is 47.0 Å². The third kappa shape index (κ3) is 11.6. The summed E-state index contributed by atoms with van der Waals surface area (Å²) in [6.45, 7) is 15.8. The first-order valence-corrected chi connectivity index (χ1v) is 15.5. The minimum absolute atomic E-state index is 0.00593. The maximum absolute atomic E-state index is 13.9. The van der Waals surface area contributed by atoms with Crippen LogP contribution in [-0.4, -0.2) is 62.6 Å². The molecule has 8 heteroatoms. The number of Topliss-reactive ketones (excluding diaryl/α,β-unsaturated/α-hetero) is 3. The fourth-order valence-corrected chi connectivity index (χ4v) is 6.13. The molecule has 8 nitrogen and oxygen atoms in total. The third-order valence-electron chi connectivity index (χ3n) is 8.30. The van der Waals surface area contributed by atoms with Gasteiger partial charge in [-0.05, 0) is 69.6 Å². The number of rotatable bonds is 22. The number of hydrogen-bond acceptors (Lipinski definition) is 8. The molecular weight excluding hydrogens is 508 g/mol. The molecule has 0 amide bonds. The lowest BCUT2D eigenvalue weighted by Gasteiger charge is -2.42. The Balaban J connectivity index is 6.22. The molecule has 0 spiro atoms. The lowest BCUT2D eigenvalue weighted by molar-refractivity contribution is -0.197. The fourth-order valence-electron chi connectivity index (χ4n) is 6.13. The molecule has 0 bridgehead atoms. The molecule has 0 saturated carbocycles. The van der Waals surface area contributed by atoms with Crippen LogP contribution in [0.15, 0.2) is 0 Å². The van der Waals surface area contributed by atoms with Gasteiger partial charge in [0, 0.05) is 30.3 Å². The summed E-state index contributed by atoms with van der Waals surface area (Å²) in [5.41, 5.74) is 5.83. The van der Waals surface area contributed by atoms with Gasteiger partial charge in [0.05, 0.1) is 6.61 Å². The fraction of sp³-hybridized carbons (Fsp3) is 0.906. The van der Waals surface area contributed by atoms with Crippen molar-refractivity contribution in [2.24, 2.45) is 47.0 Å². The Kier molecular flexibility index (Phi) is 17.2. The van der Waals surface area contributed by atoms with E-state index in [1.54, 1.807) is 13.8 Å². The van der Waals surface area contributed by atoms with Crippen molar-refractivity contribution in [1.82, 2.24) is 0 Å². The van der Waals surface area contributed by atoms with Gasteiger partial charge >= 0.3 is 0 Å². The SMILES string of the molecule is CC(C)CCCC(C)CCC(=O)C(O)(CO)C(O)(C(=O)C(C)CC(C)CC(C)N)C(=O)C(C)CC(C)CC(C)N. The first-order valence-electron chi connectivity index (χ1n) is 15.5. The molecule has 0 aliphatic carbocycles. The molecule has 8 atom stereocenters. The number of nitrogens with two attached hydrogens (primary N) is 2. The zero-order valence-corrected chi connectivity index (χ0v) is 26.9. The van der Waals surface area contributed by atoms with Crippen molar-refractivity contribution in [3.8, 4) is 0 Å². The van der Waals surface area contributed by atoms with Crippen molar-refractivity contribution in [2.45, 2.75) is 143 Å². The van der Waals surface area contributed by atoms with E-state index in [2.05, 4.69) is 13.8 Å². The summed E-state index contributed by atoms with van der Waals surface area (Å²) in [5.74, 6) is -3.70. The Hall–Kier alpha value is -1.19. The summed E-state index contributed by atoms with van der Waals surface area (Å²) >= 11 is 0. The number of carbonyl (C=O) groups is 3. The second kappa shape index (κ2) is 17.7. The molecule has 0 saturated heterocycles. The summed E-state index contributed by atoms with van der Waals surface area (Å²) in [6.07, 6.45) is 5.12. The summed E-state index contributed by atoms with van der Waals surface area (Å²) in [4.78, 5) is 41.3. The van der Waals surface area contributed by atoms with Gasteiger partial charge in [-0.1, -0.05) is 67.7 Å². The van der Waals surface area contributed by atoms with E-state index in [1.807, 2.05) is 34.6 Å². The number of hydrogen-bond donors (Lipinski definition) is 5. The standard InChI is InChI=1S/C32H62N2O6/c1-20(2)11-10-12-21(3)13-14-28(36)31(39,19-35)32(40,29(37)24(6)15-22(4)17-26(8)33)30(38)25(7)16-23(5)18-27(9)34/h20-27,35,39-40H,10-19,33-34H2,1-9H3. The first kappa shape index (κ1) is 38.8. The molecule has 0 radical (unpaired) electrons. The highest BCUT2D eigenvalue weighted by molar-refractivity contribution is 6.17. The van der Waals surface area contributed by atoms with Gasteiger partial charge in [0.1, 0.15) is 0 Å². The van der Waals surface area contributed by atoms with Gasteiger partial charge in [0.25, 0.3) is 0 Å². The molecule has 0 aliphatic rings. The molecule has 0 aromatic heterocycles. The molecule has 0 aromatic rings. The summed E-state index contributed by atoms with van der Waals surface area (Å²) in [5, 5.41) is 33.9. The minimum atomic E-state index is -3.07. The second-order valence-electron chi connectivity index (χ2n) is 13.8. The van der Waals surface area contributed by atoms with Crippen LogP contribution in [0.2, 0.25) is 0 Å². The molecule has 8 unspecified atom stereocenters. The highest BCUT2D eigenvalue weighted by atomic mass is 16.4. The Morgan fingerprint density at radius 3 is 1.43 bits per heavy atom. The molecule has 236 valence electrons. The third-order valence-corrected chi connectivity index (χ3v) is 8.30. The van der Waals surface area contributed by atoms with Crippen LogP contribution in [-0.2, 0) is 14.4 Å². The van der Waals surface area contributed by atoms with Crippen LogP contribution in [0, 0.1) is 35.5 Å². The van der Waals surface area contributed by atoms with Crippen LogP contribution in [0.25, 0.3) is 0 Å². The van der Waals surface area contributed by atoms with E-state index in [-0.39, 0.29) is 36.3 Å². The molecule has 7 N–H and O–H groups in total. The van der Waals surface area contributed by atoms with Gasteiger partial charge in [0.2, 0.25) is 5.60 Å². The van der Waals surface area contributed by atoms with Gasteiger partial charge in [-0.15, -0.1) is 0 Å². The summed E-state index contributed by atoms with van der Waals surface area (Å²) < 4.78 is 0. The molecule has 0 aliphatic heterocycles. The number of aliphatic hydroxyl groups excluding tert-OH is 1. The summed E-state index contributed by atoms with van der Waals surface area (Å²) in [6, 6.07) is -0.189. The van der Waals surface area contributed by atoms with Crippen molar-refractivity contribution in [2.75, 3.05) is 6.61 Å². The van der Waals surface area contributed by atoms with Crippen LogP contribution in [0.5, 0.6) is 0 Å². The number of aliphatic hydroxyl groups is 3. The highest BCUT2D eigenvalue weighted by Crippen LogP contribution is 2.36. The predicted octanol–water partition coefficient (Wildman–Crippen LogP) is 4.19. The lowest BCUT2D eigenvalue weighted by atomic mass is 9.66. The highest BCUT2D eigenvalue weighted by Gasteiger charge is 2.64. The van der Waals surface area contributed by atoms with E-state index in [0.29, 0.717) is 38.0 Å². The predicted molar refractivity (Wildman–Crippen MR) is 162 cm³/mol. The summed E-state index contributed by atoms with van der Waals surface area (Å²) in [7, 11) is 0. The number of carbonyl (C=O) groups excluding carboxylic acids is 3. The first-order chi connectivity index (χ1) is 18.3. The quantitative estimate of drug-likeness (QED) is 0.121. The lowest BCUT2D eigenvalue weighted by Crippen LogP contribution is -2.71. The maximum Gasteiger partial charge on any atom is 0.220 e. The van der Waals surface area contributed by atoms with Gasteiger partial charge in [-0.2, -0.15) is 0 Å². The largest absolute Gasteiger partial charge is 0.393 e. The van der Waals surface area contributed by atoms with Crippen LogP contribution >= 0.6 is 0 Å². The zero-order valence-electron chi connectivity index (χ0n) is 26.9. The maximum atomic E-state index is 13.9. The van der Waals surface area contributed by atoms with Gasteiger partial charge in [-0.3, -0.25) is 14.4 Å². The van der Waals surface area contributed by atoms with Crippen molar-refractivity contribution in [3.63, 3.8) is 0 Å². The van der Waals surface area contributed by atoms with Gasteiger partial charge in [0.15, 0.2) is 23.0 Å². The molecule has 0 heterocycles. The van der Waals surface area contributed by atoms with Crippen molar-refractivity contribution in [1.29, 1.82) is 0 Å². The Morgan fingerprint density at radius 1 is 0.650 bits per heavy atom. The molecule has 0 fully saturated rings. The van der Waals surface area contributed by atoms with Crippen LogP contribution in [0.4, 0.5) is 0 Å². The van der Waals surface area contributed by atoms with Crippen molar-refractivity contribution in [3.05, 3.63) is 0 Å². The smallest absolute Gasteiger partial charge is 0.220 e. The van der Waals surface area contributed by atoms with Crippen molar-refractivity contribution >= 4 is 17.3 Å².